The minimum absolute atomic E-state index is 0.0704. The van der Waals surface area contributed by atoms with Gasteiger partial charge in [-0.1, -0.05) is 6.92 Å². The fourth-order valence-electron chi connectivity index (χ4n) is 2.00. The van der Waals surface area contributed by atoms with Crippen LogP contribution in [0.25, 0.3) is 0 Å². The quantitative estimate of drug-likeness (QED) is 0.842. The monoisotopic (exact) mass is 298 g/mol. The standard InChI is InChI=1S/C14H22N2O3S/c1-5-10(3)16(6-2)14(17)11-7-12(15)9-13(8-11)20(4,18)19/h7-10H,5-6,15H2,1-4H3. The molecule has 20 heavy (non-hydrogen) atoms. The minimum atomic E-state index is -3.39. The van der Waals surface area contributed by atoms with Crippen LogP contribution in [0.2, 0.25) is 0 Å². The van der Waals surface area contributed by atoms with Gasteiger partial charge in [-0.3, -0.25) is 4.79 Å². The highest BCUT2D eigenvalue weighted by molar-refractivity contribution is 7.90. The molecule has 1 aromatic rings. The zero-order valence-corrected chi connectivity index (χ0v) is 13.2. The number of hydrogen-bond acceptors (Lipinski definition) is 4. The van der Waals surface area contributed by atoms with Gasteiger partial charge < -0.3 is 10.6 Å². The van der Waals surface area contributed by atoms with Gasteiger partial charge in [0.1, 0.15) is 0 Å². The third-order valence-electron chi connectivity index (χ3n) is 3.33. The first-order valence-corrected chi connectivity index (χ1v) is 8.51. The average molecular weight is 298 g/mol. The van der Waals surface area contributed by atoms with E-state index in [4.69, 9.17) is 5.73 Å². The highest BCUT2D eigenvalue weighted by atomic mass is 32.2. The van der Waals surface area contributed by atoms with Gasteiger partial charge in [0.2, 0.25) is 0 Å². The van der Waals surface area contributed by atoms with Gasteiger partial charge in [-0.25, -0.2) is 8.42 Å². The maximum atomic E-state index is 12.5. The lowest BCUT2D eigenvalue weighted by Crippen LogP contribution is -2.38. The maximum Gasteiger partial charge on any atom is 0.254 e. The number of nitrogens with zero attached hydrogens (tertiary/aromatic N) is 1. The van der Waals surface area contributed by atoms with Crippen LogP contribution in [0, 0.1) is 0 Å². The van der Waals surface area contributed by atoms with Gasteiger partial charge >= 0.3 is 0 Å². The third kappa shape index (κ3) is 3.72. The molecule has 0 fully saturated rings. The Morgan fingerprint density at radius 3 is 2.35 bits per heavy atom. The predicted octanol–water partition coefficient (Wildman–Crippen LogP) is 1.93. The SMILES string of the molecule is CCC(C)N(CC)C(=O)c1cc(N)cc(S(C)(=O)=O)c1. The van der Waals surface area contributed by atoms with Crippen molar-refractivity contribution >= 4 is 21.4 Å². The first-order chi connectivity index (χ1) is 9.20. The highest BCUT2D eigenvalue weighted by Crippen LogP contribution is 2.19. The van der Waals surface area contributed by atoms with Crippen LogP contribution in [0.4, 0.5) is 5.69 Å². The lowest BCUT2D eigenvalue weighted by atomic mass is 10.1. The summed E-state index contributed by atoms with van der Waals surface area (Å²) in [5, 5.41) is 0. The summed E-state index contributed by atoms with van der Waals surface area (Å²) in [6.45, 7) is 6.43. The molecule has 0 saturated carbocycles. The molecule has 0 aliphatic rings. The maximum absolute atomic E-state index is 12.5. The van der Waals surface area contributed by atoms with Crippen LogP contribution >= 0.6 is 0 Å². The van der Waals surface area contributed by atoms with Crippen LogP contribution in [0.15, 0.2) is 23.1 Å². The van der Waals surface area contributed by atoms with Gasteiger partial charge in [0, 0.05) is 30.1 Å². The molecule has 1 unspecified atom stereocenters. The van der Waals surface area contributed by atoms with Gasteiger partial charge in [-0.05, 0) is 38.5 Å². The van der Waals surface area contributed by atoms with E-state index in [0.717, 1.165) is 12.7 Å². The van der Waals surface area contributed by atoms with Crippen molar-refractivity contribution < 1.29 is 13.2 Å². The summed E-state index contributed by atoms with van der Waals surface area (Å²) in [5.41, 5.74) is 6.30. The second-order valence-corrected chi connectivity index (χ2v) is 6.93. The fraction of sp³-hybridized carbons (Fsp3) is 0.500. The molecule has 0 aromatic heterocycles. The number of carbonyl (C=O) groups is 1. The normalized spacial score (nSPS) is 13.0. The Morgan fingerprint density at radius 1 is 1.30 bits per heavy atom. The van der Waals surface area contributed by atoms with Crippen molar-refractivity contribution in [1.82, 2.24) is 4.90 Å². The molecule has 2 N–H and O–H groups in total. The van der Waals surface area contributed by atoms with E-state index in [-0.39, 0.29) is 22.5 Å². The van der Waals surface area contributed by atoms with Crippen molar-refractivity contribution in [3.63, 3.8) is 0 Å². The number of nitrogens with two attached hydrogens (primary N) is 1. The first-order valence-electron chi connectivity index (χ1n) is 6.62. The number of anilines is 1. The topological polar surface area (TPSA) is 80.5 Å². The summed E-state index contributed by atoms with van der Waals surface area (Å²) in [6.07, 6.45) is 1.93. The van der Waals surface area contributed by atoms with Crippen molar-refractivity contribution in [3.8, 4) is 0 Å². The molecule has 1 amide bonds. The summed E-state index contributed by atoms with van der Waals surface area (Å²) in [5.74, 6) is -0.195. The summed E-state index contributed by atoms with van der Waals surface area (Å²) in [7, 11) is -3.39. The first kappa shape index (κ1) is 16.5. The van der Waals surface area contributed by atoms with Gasteiger partial charge in [0.25, 0.3) is 5.91 Å². The second-order valence-electron chi connectivity index (χ2n) is 4.91. The predicted molar refractivity (Wildman–Crippen MR) is 80.4 cm³/mol. The third-order valence-corrected chi connectivity index (χ3v) is 4.42. The van der Waals surface area contributed by atoms with Gasteiger partial charge in [0.05, 0.1) is 4.90 Å². The highest BCUT2D eigenvalue weighted by Gasteiger charge is 2.21. The molecule has 0 aliphatic heterocycles. The van der Waals surface area contributed by atoms with Gasteiger partial charge in [0.15, 0.2) is 9.84 Å². The Kier molecular flexibility index (Phi) is 5.16. The Balaban J connectivity index is 3.26. The lowest BCUT2D eigenvalue weighted by Gasteiger charge is -2.27. The molecule has 0 aliphatic carbocycles. The summed E-state index contributed by atoms with van der Waals surface area (Å²) in [4.78, 5) is 14.3. The number of carbonyl (C=O) groups excluding carboxylic acids is 1. The number of hydrogen-bond donors (Lipinski definition) is 1. The van der Waals surface area contributed by atoms with Crippen LogP contribution < -0.4 is 5.73 Å². The van der Waals surface area contributed by atoms with E-state index in [9.17, 15) is 13.2 Å². The van der Waals surface area contributed by atoms with E-state index in [2.05, 4.69) is 0 Å². The van der Waals surface area contributed by atoms with Crippen LogP contribution in [0.1, 0.15) is 37.6 Å². The summed E-state index contributed by atoms with van der Waals surface area (Å²) in [6, 6.07) is 4.36. The lowest BCUT2D eigenvalue weighted by molar-refractivity contribution is 0.0699. The largest absolute Gasteiger partial charge is 0.399 e. The molecule has 6 heteroatoms. The van der Waals surface area contributed by atoms with E-state index < -0.39 is 9.84 Å². The Bertz CT molecular complexity index is 596. The molecule has 0 heterocycles. The van der Waals surface area contributed by atoms with Crippen molar-refractivity contribution in [2.45, 2.75) is 38.1 Å². The van der Waals surface area contributed by atoms with Crippen LogP contribution in [-0.2, 0) is 9.84 Å². The zero-order chi connectivity index (χ0) is 15.5. The molecule has 112 valence electrons. The summed E-state index contributed by atoms with van der Waals surface area (Å²) >= 11 is 0. The average Bonchev–Trinajstić information content (AvgIpc) is 2.37. The van der Waals surface area contributed by atoms with Crippen molar-refractivity contribution in [3.05, 3.63) is 23.8 Å². The van der Waals surface area contributed by atoms with Gasteiger partial charge in [-0.15, -0.1) is 0 Å². The molecule has 0 spiro atoms. The van der Waals surface area contributed by atoms with Crippen LogP contribution in [0.5, 0.6) is 0 Å². The molecule has 1 rings (SSSR count). The van der Waals surface area contributed by atoms with E-state index in [1.54, 1.807) is 4.90 Å². The Hall–Kier alpha value is -1.56. The number of sulfone groups is 1. The molecule has 5 nitrogen and oxygen atoms in total. The molecule has 0 radical (unpaired) electrons. The molecule has 0 saturated heterocycles. The summed E-state index contributed by atoms with van der Waals surface area (Å²) < 4.78 is 23.2. The molecule has 0 bridgehead atoms. The minimum Gasteiger partial charge on any atom is -0.399 e. The van der Waals surface area contributed by atoms with Crippen molar-refractivity contribution in [1.29, 1.82) is 0 Å². The Morgan fingerprint density at radius 2 is 1.90 bits per heavy atom. The zero-order valence-electron chi connectivity index (χ0n) is 12.4. The Labute approximate surface area is 120 Å². The molecular formula is C14H22N2O3S. The van der Waals surface area contributed by atoms with E-state index >= 15 is 0 Å². The van der Waals surface area contributed by atoms with Crippen LogP contribution in [-0.4, -0.2) is 38.1 Å². The van der Waals surface area contributed by atoms with E-state index in [0.29, 0.717) is 12.1 Å². The van der Waals surface area contributed by atoms with Crippen LogP contribution in [0.3, 0.4) is 0 Å². The molecule has 1 atom stereocenters. The number of nitrogen functional groups attached to an aromatic ring is 1. The number of amides is 1. The van der Waals surface area contributed by atoms with Crippen molar-refractivity contribution in [2.75, 3.05) is 18.5 Å². The number of rotatable bonds is 5. The smallest absolute Gasteiger partial charge is 0.254 e. The molecular weight excluding hydrogens is 276 g/mol. The number of benzene rings is 1. The second kappa shape index (κ2) is 6.26. The molecule has 1 aromatic carbocycles. The van der Waals surface area contributed by atoms with Crippen molar-refractivity contribution in [2.24, 2.45) is 0 Å². The van der Waals surface area contributed by atoms with E-state index in [1.165, 1.54) is 18.2 Å². The fourth-order valence-corrected chi connectivity index (χ4v) is 2.69. The van der Waals surface area contributed by atoms with Gasteiger partial charge in [-0.2, -0.15) is 0 Å². The van der Waals surface area contributed by atoms with E-state index in [1.807, 2.05) is 20.8 Å².